The van der Waals surface area contributed by atoms with Crippen LogP contribution in [0, 0.1) is 23.7 Å². The van der Waals surface area contributed by atoms with Crippen molar-refractivity contribution in [3.63, 3.8) is 0 Å². The van der Waals surface area contributed by atoms with Gasteiger partial charge in [-0.15, -0.1) is 11.3 Å². The first-order chi connectivity index (χ1) is 20.8. The van der Waals surface area contributed by atoms with Crippen molar-refractivity contribution in [2.24, 2.45) is 23.7 Å². The molecule has 0 radical (unpaired) electrons. The summed E-state index contributed by atoms with van der Waals surface area (Å²) >= 11 is 1.90. The lowest BCUT2D eigenvalue weighted by atomic mass is 9.43. The van der Waals surface area contributed by atoms with Gasteiger partial charge in [0.25, 0.3) is 0 Å². The van der Waals surface area contributed by atoms with Crippen molar-refractivity contribution in [1.82, 2.24) is 0 Å². The van der Waals surface area contributed by atoms with Crippen molar-refractivity contribution < 1.29 is 0 Å². The van der Waals surface area contributed by atoms with Crippen molar-refractivity contribution >= 4 is 48.6 Å². The van der Waals surface area contributed by atoms with Crippen LogP contribution in [-0.4, -0.2) is 0 Å². The lowest BCUT2D eigenvalue weighted by Gasteiger charge is -2.61. The quantitative estimate of drug-likeness (QED) is 0.208. The maximum Gasteiger partial charge on any atom is 0.0555 e. The maximum absolute atomic E-state index is 2.58. The average Bonchev–Trinajstić information content (AvgIpc) is 3.55. The average molecular weight is 560 g/mol. The molecule has 1 aromatic heterocycles. The van der Waals surface area contributed by atoms with Gasteiger partial charge in [-0.05, 0) is 109 Å². The van der Waals surface area contributed by atoms with Crippen LogP contribution in [0.3, 0.4) is 0 Å². The zero-order chi connectivity index (χ0) is 27.4. The van der Waals surface area contributed by atoms with Crippen molar-refractivity contribution in [1.29, 1.82) is 0 Å². The van der Waals surface area contributed by atoms with Crippen LogP contribution in [0.2, 0.25) is 0 Å². The second-order valence-electron chi connectivity index (χ2n) is 13.3. The van der Waals surface area contributed by atoms with Gasteiger partial charge < -0.3 is 4.90 Å². The summed E-state index contributed by atoms with van der Waals surface area (Å²) in [5.74, 6) is 3.42. The van der Waals surface area contributed by atoms with Crippen LogP contribution < -0.4 is 4.90 Å². The summed E-state index contributed by atoms with van der Waals surface area (Å²) in [5, 5.41) is 2.70. The Balaban J connectivity index is 1.29. The molecule has 0 atom stereocenters. The van der Waals surface area contributed by atoms with Crippen LogP contribution in [0.25, 0.3) is 31.3 Å². The van der Waals surface area contributed by atoms with Gasteiger partial charge in [-0.1, -0.05) is 78.9 Å². The molecule has 4 saturated carbocycles. The summed E-state index contributed by atoms with van der Waals surface area (Å²) in [6.07, 6.45) is 7.13. The summed E-state index contributed by atoms with van der Waals surface area (Å²) in [6.45, 7) is 0. The third-order valence-corrected chi connectivity index (χ3v) is 12.6. The smallest absolute Gasteiger partial charge is 0.0555 e. The number of anilines is 3. The molecule has 11 rings (SSSR count). The van der Waals surface area contributed by atoms with Crippen molar-refractivity contribution in [3.05, 3.63) is 126 Å². The molecule has 5 aliphatic carbocycles. The van der Waals surface area contributed by atoms with E-state index in [1.165, 1.54) is 80.5 Å². The second kappa shape index (κ2) is 8.58. The highest BCUT2D eigenvalue weighted by molar-refractivity contribution is 7.26. The van der Waals surface area contributed by atoms with Crippen LogP contribution in [0.1, 0.15) is 43.2 Å². The summed E-state index contributed by atoms with van der Waals surface area (Å²) in [4.78, 5) is 2.58. The van der Waals surface area contributed by atoms with Gasteiger partial charge in [-0.2, -0.15) is 0 Å². The zero-order valence-corrected chi connectivity index (χ0v) is 24.5. The summed E-state index contributed by atoms with van der Waals surface area (Å²) < 4.78 is 2.70. The third-order valence-electron chi connectivity index (χ3n) is 11.4. The van der Waals surface area contributed by atoms with E-state index < -0.39 is 0 Å². The molecular formula is C40H33NS. The monoisotopic (exact) mass is 559 g/mol. The van der Waals surface area contributed by atoms with Gasteiger partial charge >= 0.3 is 0 Å². The topological polar surface area (TPSA) is 3.24 Å². The van der Waals surface area contributed by atoms with E-state index in [9.17, 15) is 0 Å². The number of nitrogens with zero attached hydrogens (tertiary/aromatic N) is 1. The molecule has 1 heterocycles. The molecule has 4 fully saturated rings. The Morgan fingerprint density at radius 2 is 1.19 bits per heavy atom. The Hall–Kier alpha value is -3.88. The maximum atomic E-state index is 2.58. The highest BCUT2D eigenvalue weighted by Gasteiger charge is 2.61. The van der Waals surface area contributed by atoms with Crippen LogP contribution in [-0.2, 0) is 5.41 Å². The first-order valence-corrected chi connectivity index (χ1v) is 16.6. The number of fused-ring (bicyclic) bond motifs is 6. The van der Waals surface area contributed by atoms with Gasteiger partial charge in [0.1, 0.15) is 0 Å². The fraction of sp³-hybridized carbons (Fsp3) is 0.250. The van der Waals surface area contributed by atoms with E-state index in [4.69, 9.17) is 0 Å². The lowest BCUT2D eigenvalue weighted by molar-refractivity contribution is -0.0399. The Labute approximate surface area is 251 Å². The number of hydrogen-bond acceptors (Lipinski definition) is 2. The molecule has 5 aromatic carbocycles. The number of thiophene rings is 1. The van der Waals surface area contributed by atoms with E-state index in [-0.39, 0.29) is 5.41 Å². The van der Waals surface area contributed by atoms with E-state index in [0.29, 0.717) is 0 Å². The molecule has 2 heteroatoms. The molecule has 0 unspecified atom stereocenters. The fourth-order valence-corrected chi connectivity index (χ4v) is 11.4. The van der Waals surface area contributed by atoms with E-state index in [1.54, 1.807) is 11.1 Å². The van der Waals surface area contributed by atoms with Gasteiger partial charge in [0.15, 0.2) is 0 Å². The Morgan fingerprint density at radius 1 is 0.548 bits per heavy atom. The summed E-state index contributed by atoms with van der Waals surface area (Å²) in [6, 6.07) is 43.7. The van der Waals surface area contributed by atoms with E-state index in [1.807, 2.05) is 11.3 Å². The molecule has 0 amide bonds. The lowest BCUT2D eigenvalue weighted by Crippen LogP contribution is -2.55. The molecule has 204 valence electrons. The predicted octanol–water partition coefficient (Wildman–Crippen LogP) is 11.2. The Kier molecular flexibility index (Phi) is 4.83. The van der Waals surface area contributed by atoms with Gasteiger partial charge in [-0.3, -0.25) is 0 Å². The highest BCUT2D eigenvalue weighted by Crippen LogP contribution is 2.70. The normalized spacial score (nSPS) is 26.7. The molecule has 42 heavy (non-hydrogen) atoms. The molecule has 0 saturated heterocycles. The van der Waals surface area contributed by atoms with Crippen molar-refractivity contribution in [2.45, 2.75) is 37.5 Å². The molecule has 1 spiro atoms. The second-order valence-corrected chi connectivity index (χ2v) is 14.4. The van der Waals surface area contributed by atoms with E-state index in [0.717, 1.165) is 23.7 Å². The van der Waals surface area contributed by atoms with Crippen molar-refractivity contribution in [2.75, 3.05) is 4.90 Å². The molecule has 1 nitrogen and oxygen atoms in total. The van der Waals surface area contributed by atoms with Crippen LogP contribution in [0.15, 0.2) is 115 Å². The van der Waals surface area contributed by atoms with Gasteiger partial charge in [0.05, 0.1) is 11.4 Å². The highest BCUT2D eigenvalue weighted by atomic mass is 32.1. The first kappa shape index (κ1) is 23.7. The minimum absolute atomic E-state index is 0.165. The van der Waals surface area contributed by atoms with Gasteiger partial charge in [0, 0.05) is 36.8 Å². The predicted molar refractivity (Wildman–Crippen MR) is 177 cm³/mol. The molecule has 5 aliphatic rings. The summed E-state index contributed by atoms with van der Waals surface area (Å²) in [5.41, 5.74) is 10.1. The first-order valence-electron chi connectivity index (χ1n) is 15.8. The van der Waals surface area contributed by atoms with Crippen LogP contribution >= 0.6 is 11.3 Å². The van der Waals surface area contributed by atoms with E-state index >= 15 is 0 Å². The molecule has 4 bridgehead atoms. The third kappa shape index (κ3) is 2.99. The standard InChI is InChI=1S/C40H33NS/c1-2-10-29(11-3-1)41(35-17-9-19-37-39(35)31-13-5-7-18-36(31)42-37)34-16-8-15-33-38(34)30-12-4-6-14-32(30)40(33)27-21-25-20-26(23-27)24-28(40)22-25/h1-19,25-28H,20-24H2. The molecule has 0 N–H and O–H groups in total. The molecular weight excluding hydrogens is 527 g/mol. The summed E-state index contributed by atoms with van der Waals surface area (Å²) in [7, 11) is 0. The van der Waals surface area contributed by atoms with Crippen LogP contribution in [0.5, 0.6) is 0 Å². The van der Waals surface area contributed by atoms with Crippen molar-refractivity contribution in [3.8, 4) is 11.1 Å². The van der Waals surface area contributed by atoms with Crippen LogP contribution in [0.4, 0.5) is 17.1 Å². The number of benzene rings is 5. The number of hydrogen-bond donors (Lipinski definition) is 0. The minimum Gasteiger partial charge on any atom is -0.309 e. The number of rotatable bonds is 3. The Bertz CT molecular complexity index is 1990. The van der Waals surface area contributed by atoms with E-state index in [2.05, 4.69) is 120 Å². The fourth-order valence-electron chi connectivity index (χ4n) is 10.3. The van der Waals surface area contributed by atoms with Gasteiger partial charge in [-0.25, -0.2) is 0 Å². The number of para-hydroxylation sites is 1. The SMILES string of the molecule is c1ccc(N(c2cccc3c2-c2ccccc2C32C3CC4CC(C3)CC2C4)c2cccc3sc4ccccc4c23)cc1. The minimum atomic E-state index is 0.165. The Morgan fingerprint density at radius 3 is 2.02 bits per heavy atom. The largest absolute Gasteiger partial charge is 0.309 e. The molecule has 6 aromatic rings. The van der Waals surface area contributed by atoms with Gasteiger partial charge in [0.2, 0.25) is 0 Å². The molecule has 0 aliphatic heterocycles. The zero-order valence-electron chi connectivity index (χ0n) is 23.7.